The number of hydrogen-bond donors (Lipinski definition) is 1. The molecule has 3 rings (SSSR count). The molecule has 2 heterocycles. The normalized spacial score (nSPS) is 24.6. The number of rotatable bonds is 3. The summed E-state index contributed by atoms with van der Waals surface area (Å²) in [4.78, 5) is 5.14. The van der Waals surface area contributed by atoms with Crippen LogP contribution in [0.15, 0.2) is 18.2 Å². The first-order valence-electron chi connectivity index (χ1n) is 7.06. The van der Waals surface area contributed by atoms with Crippen molar-refractivity contribution in [3.63, 3.8) is 0 Å². The van der Waals surface area contributed by atoms with Crippen LogP contribution in [-0.2, 0) is 13.1 Å². The van der Waals surface area contributed by atoms with Crippen LogP contribution in [-0.4, -0.2) is 36.0 Å². The predicted octanol–water partition coefficient (Wildman–Crippen LogP) is 1.93. The molecule has 3 heteroatoms. The lowest BCUT2D eigenvalue weighted by atomic mass is 10.1. The second-order valence-electron chi connectivity index (χ2n) is 5.75. The van der Waals surface area contributed by atoms with Gasteiger partial charge in [0.1, 0.15) is 0 Å². The van der Waals surface area contributed by atoms with Crippen LogP contribution in [0.25, 0.3) is 0 Å². The zero-order valence-electron chi connectivity index (χ0n) is 11.2. The van der Waals surface area contributed by atoms with Gasteiger partial charge in [0.25, 0.3) is 0 Å². The monoisotopic (exact) mass is 245 g/mol. The van der Waals surface area contributed by atoms with E-state index in [9.17, 15) is 0 Å². The van der Waals surface area contributed by atoms with Crippen molar-refractivity contribution in [1.82, 2.24) is 9.80 Å². The lowest BCUT2D eigenvalue weighted by Gasteiger charge is -2.20. The van der Waals surface area contributed by atoms with E-state index in [2.05, 4.69) is 28.9 Å². The lowest BCUT2D eigenvalue weighted by Crippen LogP contribution is -2.27. The Morgan fingerprint density at radius 1 is 1.22 bits per heavy atom. The van der Waals surface area contributed by atoms with E-state index in [4.69, 9.17) is 5.73 Å². The summed E-state index contributed by atoms with van der Waals surface area (Å²) in [7, 11) is 0. The van der Waals surface area contributed by atoms with Gasteiger partial charge in [-0.1, -0.05) is 13.0 Å². The molecule has 2 N–H and O–H groups in total. The molecule has 0 bridgehead atoms. The van der Waals surface area contributed by atoms with Crippen LogP contribution < -0.4 is 5.73 Å². The summed E-state index contributed by atoms with van der Waals surface area (Å²) in [5.74, 6) is 0.858. The van der Waals surface area contributed by atoms with Crippen molar-refractivity contribution in [2.45, 2.75) is 26.4 Å². The second-order valence-corrected chi connectivity index (χ2v) is 5.75. The summed E-state index contributed by atoms with van der Waals surface area (Å²) in [6.45, 7) is 9.47. The Morgan fingerprint density at radius 2 is 2.06 bits per heavy atom. The van der Waals surface area contributed by atoms with Crippen molar-refractivity contribution in [1.29, 1.82) is 0 Å². The van der Waals surface area contributed by atoms with E-state index in [0.717, 1.165) is 24.7 Å². The molecule has 0 amide bonds. The number of anilines is 1. The van der Waals surface area contributed by atoms with Gasteiger partial charge in [0, 0.05) is 31.9 Å². The highest BCUT2D eigenvalue weighted by Crippen LogP contribution is 2.27. The molecule has 0 spiro atoms. The summed E-state index contributed by atoms with van der Waals surface area (Å²) >= 11 is 0. The minimum absolute atomic E-state index is 0.858. The van der Waals surface area contributed by atoms with Gasteiger partial charge in [0.2, 0.25) is 0 Å². The highest BCUT2D eigenvalue weighted by Gasteiger charge is 2.26. The van der Waals surface area contributed by atoms with Gasteiger partial charge in [0.15, 0.2) is 0 Å². The molecule has 3 nitrogen and oxygen atoms in total. The van der Waals surface area contributed by atoms with Crippen molar-refractivity contribution in [3.8, 4) is 0 Å². The molecule has 18 heavy (non-hydrogen) atoms. The fourth-order valence-corrected chi connectivity index (χ4v) is 3.33. The number of nitrogen functional groups attached to an aromatic ring is 1. The van der Waals surface area contributed by atoms with Gasteiger partial charge in [-0.2, -0.15) is 0 Å². The van der Waals surface area contributed by atoms with Crippen molar-refractivity contribution in [3.05, 3.63) is 29.3 Å². The Bertz CT molecular complexity index is 430. The molecule has 0 aromatic heterocycles. The van der Waals surface area contributed by atoms with Gasteiger partial charge in [-0.15, -0.1) is 0 Å². The summed E-state index contributed by atoms with van der Waals surface area (Å²) in [5.41, 5.74) is 9.65. The van der Waals surface area contributed by atoms with Crippen molar-refractivity contribution >= 4 is 5.69 Å². The number of hydrogen-bond acceptors (Lipinski definition) is 3. The van der Waals surface area contributed by atoms with Gasteiger partial charge >= 0.3 is 0 Å². The van der Waals surface area contributed by atoms with Crippen LogP contribution >= 0.6 is 0 Å². The van der Waals surface area contributed by atoms with E-state index < -0.39 is 0 Å². The largest absolute Gasteiger partial charge is 0.399 e. The van der Waals surface area contributed by atoms with E-state index in [1.54, 1.807) is 0 Å². The van der Waals surface area contributed by atoms with Crippen LogP contribution in [0.3, 0.4) is 0 Å². The third-order valence-electron chi connectivity index (χ3n) is 4.35. The molecule has 1 unspecified atom stereocenters. The number of nitrogens with two attached hydrogens (primary N) is 1. The molecular formula is C15H23N3. The van der Waals surface area contributed by atoms with Crippen molar-refractivity contribution in [2.75, 3.05) is 31.9 Å². The van der Waals surface area contributed by atoms with Gasteiger partial charge in [-0.25, -0.2) is 0 Å². The smallest absolute Gasteiger partial charge is 0.0317 e. The molecule has 0 aliphatic carbocycles. The van der Waals surface area contributed by atoms with Crippen LogP contribution in [0, 0.1) is 5.92 Å². The Balaban J connectivity index is 1.58. The molecule has 2 aliphatic rings. The highest BCUT2D eigenvalue weighted by molar-refractivity contribution is 5.46. The number of likely N-dealkylation sites (tertiary alicyclic amines) is 1. The highest BCUT2D eigenvalue weighted by atomic mass is 15.2. The molecular weight excluding hydrogens is 222 g/mol. The molecule has 1 fully saturated rings. The SMILES string of the molecule is CCN1CCC(CN2Cc3ccc(N)cc3C2)C1. The average molecular weight is 245 g/mol. The first-order chi connectivity index (χ1) is 8.74. The van der Waals surface area contributed by atoms with E-state index >= 15 is 0 Å². The van der Waals surface area contributed by atoms with Crippen molar-refractivity contribution < 1.29 is 0 Å². The standard InChI is InChI=1S/C15H23N3/c1-2-17-6-5-12(8-17)9-18-10-13-3-4-15(16)7-14(13)11-18/h3-4,7,12H,2,5-6,8-11,16H2,1H3. The molecule has 1 saturated heterocycles. The first-order valence-corrected chi connectivity index (χ1v) is 7.06. The zero-order chi connectivity index (χ0) is 12.5. The maximum absolute atomic E-state index is 5.85. The quantitative estimate of drug-likeness (QED) is 0.826. The number of fused-ring (bicyclic) bond motifs is 1. The third kappa shape index (κ3) is 2.38. The Morgan fingerprint density at radius 3 is 2.83 bits per heavy atom. The maximum Gasteiger partial charge on any atom is 0.0317 e. The maximum atomic E-state index is 5.85. The molecule has 1 aromatic carbocycles. The van der Waals surface area contributed by atoms with Gasteiger partial charge in [0.05, 0.1) is 0 Å². The Labute approximate surface area is 110 Å². The lowest BCUT2D eigenvalue weighted by molar-refractivity contribution is 0.231. The topological polar surface area (TPSA) is 32.5 Å². The predicted molar refractivity (Wildman–Crippen MR) is 75.2 cm³/mol. The molecule has 98 valence electrons. The summed E-state index contributed by atoms with van der Waals surface area (Å²) in [5, 5.41) is 0. The fraction of sp³-hybridized carbons (Fsp3) is 0.600. The first kappa shape index (κ1) is 12.0. The van der Waals surface area contributed by atoms with Gasteiger partial charge in [-0.3, -0.25) is 4.90 Å². The van der Waals surface area contributed by atoms with Gasteiger partial charge < -0.3 is 10.6 Å². The van der Waals surface area contributed by atoms with Crippen LogP contribution in [0.5, 0.6) is 0 Å². The molecule has 0 saturated carbocycles. The van der Waals surface area contributed by atoms with E-state index in [1.807, 2.05) is 6.07 Å². The molecule has 0 radical (unpaired) electrons. The molecule has 2 aliphatic heterocycles. The minimum Gasteiger partial charge on any atom is -0.399 e. The van der Waals surface area contributed by atoms with Crippen LogP contribution in [0.4, 0.5) is 5.69 Å². The van der Waals surface area contributed by atoms with Crippen LogP contribution in [0.2, 0.25) is 0 Å². The third-order valence-corrected chi connectivity index (χ3v) is 4.35. The summed E-state index contributed by atoms with van der Waals surface area (Å²) in [6, 6.07) is 6.36. The number of benzene rings is 1. The Hall–Kier alpha value is -1.06. The van der Waals surface area contributed by atoms with Gasteiger partial charge in [-0.05, 0) is 48.7 Å². The fourth-order valence-electron chi connectivity index (χ4n) is 3.33. The summed E-state index contributed by atoms with van der Waals surface area (Å²) in [6.07, 6.45) is 1.36. The van der Waals surface area contributed by atoms with Crippen LogP contribution in [0.1, 0.15) is 24.5 Å². The Kier molecular flexibility index (Phi) is 3.27. The van der Waals surface area contributed by atoms with E-state index in [1.165, 1.54) is 43.7 Å². The minimum atomic E-state index is 0.858. The summed E-state index contributed by atoms with van der Waals surface area (Å²) < 4.78 is 0. The average Bonchev–Trinajstić information content (AvgIpc) is 2.95. The zero-order valence-corrected chi connectivity index (χ0v) is 11.2. The number of nitrogens with zero attached hydrogens (tertiary/aromatic N) is 2. The molecule has 1 aromatic rings. The second kappa shape index (κ2) is 4.90. The van der Waals surface area contributed by atoms with E-state index in [0.29, 0.717) is 0 Å². The van der Waals surface area contributed by atoms with Crippen molar-refractivity contribution in [2.24, 2.45) is 5.92 Å². The van der Waals surface area contributed by atoms with E-state index in [-0.39, 0.29) is 0 Å². The molecule has 1 atom stereocenters.